The summed E-state index contributed by atoms with van der Waals surface area (Å²) < 4.78 is 33.6. The molecule has 1 aliphatic rings. The van der Waals surface area contributed by atoms with Crippen LogP contribution in [0.15, 0.2) is 34.9 Å². The van der Waals surface area contributed by atoms with Gasteiger partial charge >= 0.3 is 5.97 Å². The van der Waals surface area contributed by atoms with E-state index in [1.54, 1.807) is 47.9 Å². The van der Waals surface area contributed by atoms with E-state index in [-0.39, 0.29) is 17.3 Å². The first-order chi connectivity index (χ1) is 15.1. The molecule has 1 fully saturated rings. The smallest absolute Gasteiger partial charge is 0.339 e. The molecule has 1 aliphatic heterocycles. The molecule has 32 heavy (non-hydrogen) atoms. The Morgan fingerprint density at radius 1 is 1.38 bits per heavy atom. The molecule has 0 N–H and O–H groups in total. The molecule has 0 bridgehead atoms. The summed E-state index contributed by atoms with van der Waals surface area (Å²) in [6.45, 7) is 8.09. The van der Waals surface area contributed by atoms with Gasteiger partial charge in [0.25, 0.3) is 4.36 Å². The molecule has 176 valence electrons. The van der Waals surface area contributed by atoms with Crippen LogP contribution in [0, 0.1) is 11.3 Å². The summed E-state index contributed by atoms with van der Waals surface area (Å²) in [7, 11) is 2.93. The number of rotatable bonds is 7. The molecular formula is C23H30FIN2O5. The predicted molar refractivity (Wildman–Crippen MR) is 126 cm³/mol. The highest BCUT2D eigenvalue weighted by Crippen LogP contribution is 2.40. The number of esters is 1. The molecule has 1 aromatic carbocycles. The summed E-state index contributed by atoms with van der Waals surface area (Å²) in [5, 5.41) is 4.17. The minimum atomic E-state index is -1.47. The Kier molecular flexibility index (Phi) is 7.82. The Balaban J connectivity index is 1.84. The highest BCUT2D eigenvalue weighted by atomic mass is 127. The number of ether oxygens (including phenoxy) is 3. The van der Waals surface area contributed by atoms with Crippen LogP contribution < -0.4 is 4.74 Å². The third kappa shape index (κ3) is 5.60. The number of carbonyl (C=O) groups is 1. The fraction of sp³-hybridized carbons (Fsp3) is 0.565. The Bertz CT molecular complexity index is 929. The number of carbonyl (C=O) groups excluding carboxylic acids is 1. The predicted octanol–water partition coefficient (Wildman–Crippen LogP) is 4.83. The molecule has 2 heterocycles. The molecule has 3 rings (SSSR count). The Morgan fingerprint density at radius 2 is 2.09 bits per heavy atom. The van der Waals surface area contributed by atoms with Crippen molar-refractivity contribution in [3.05, 3.63) is 36.1 Å². The summed E-state index contributed by atoms with van der Waals surface area (Å²) >= 11 is 1.56. The second-order valence-corrected chi connectivity index (χ2v) is 10.2. The standard InChI is InChI=1S/C23H30FIN2O5/c1-22(2,3)15-11-23(30-5,20(28)29-4)14-27(12-15)13-16-10-18(26-32-16)17-8-6-7-9-19(17)31-21(24)25/h6-10,15,21H,11-14H2,1-5H3/t15-,21?,23+/m1/s1. The van der Waals surface area contributed by atoms with E-state index in [0.717, 1.165) is 6.54 Å². The van der Waals surface area contributed by atoms with E-state index < -0.39 is 9.97 Å². The first kappa shape index (κ1) is 24.9. The van der Waals surface area contributed by atoms with Crippen LogP contribution in [0.1, 0.15) is 33.0 Å². The number of benzene rings is 1. The van der Waals surface area contributed by atoms with Gasteiger partial charge in [-0.05, 0) is 29.9 Å². The van der Waals surface area contributed by atoms with Gasteiger partial charge in [0.05, 0.1) is 13.7 Å². The summed E-state index contributed by atoms with van der Waals surface area (Å²) in [6.07, 6.45) is 0.587. The van der Waals surface area contributed by atoms with Gasteiger partial charge in [0, 0.05) is 54.4 Å². The summed E-state index contributed by atoms with van der Waals surface area (Å²) in [4.78, 5) is 14.8. The molecule has 1 aromatic heterocycles. The number of para-hydroxylation sites is 1. The topological polar surface area (TPSA) is 74.0 Å². The number of aromatic nitrogens is 1. The van der Waals surface area contributed by atoms with Gasteiger partial charge in [-0.1, -0.05) is 38.1 Å². The van der Waals surface area contributed by atoms with Crippen LogP contribution in [-0.2, 0) is 20.8 Å². The van der Waals surface area contributed by atoms with Crippen LogP contribution in [0.5, 0.6) is 5.75 Å². The zero-order chi connectivity index (χ0) is 23.5. The van der Waals surface area contributed by atoms with E-state index in [1.807, 2.05) is 12.1 Å². The quantitative estimate of drug-likeness (QED) is 0.273. The Morgan fingerprint density at radius 3 is 2.72 bits per heavy atom. The fourth-order valence-electron chi connectivity index (χ4n) is 4.14. The average molecular weight is 560 g/mol. The number of halogens is 2. The maximum atomic E-state index is 13.4. The minimum Gasteiger partial charge on any atom is -0.467 e. The van der Waals surface area contributed by atoms with E-state index in [9.17, 15) is 9.18 Å². The number of hydrogen-bond donors (Lipinski definition) is 0. The van der Waals surface area contributed by atoms with Crippen molar-refractivity contribution in [2.45, 2.75) is 43.7 Å². The molecule has 3 atom stereocenters. The number of nitrogens with zero attached hydrogens (tertiary/aromatic N) is 2. The van der Waals surface area contributed by atoms with Crippen molar-refractivity contribution in [3.63, 3.8) is 0 Å². The lowest BCUT2D eigenvalue weighted by Gasteiger charge is -2.47. The zero-order valence-electron chi connectivity index (χ0n) is 19.1. The molecule has 0 aliphatic carbocycles. The first-order valence-corrected chi connectivity index (χ1v) is 11.7. The SMILES string of the molecule is COC(=O)[C@]1(OC)C[C@@H](C(C)(C)C)CN(Cc2cc(-c3ccccc3OC(F)I)no2)C1. The molecule has 1 saturated heterocycles. The van der Waals surface area contributed by atoms with Crippen LogP contribution in [0.4, 0.5) is 4.39 Å². The molecule has 0 saturated carbocycles. The van der Waals surface area contributed by atoms with Gasteiger partial charge in [-0.25, -0.2) is 4.79 Å². The van der Waals surface area contributed by atoms with Gasteiger partial charge in [0.1, 0.15) is 11.4 Å². The maximum Gasteiger partial charge on any atom is 0.339 e. The molecule has 7 nitrogen and oxygen atoms in total. The van der Waals surface area contributed by atoms with E-state index in [2.05, 4.69) is 30.8 Å². The third-order valence-corrected chi connectivity index (χ3v) is 6.28. The van der Waals surface area contributed by atoms with Crippen molar-refractivity contribution in [1.82, 2.24) is 10.1 Å². The maximum absolute atomic E-state index is 13.4. The van der Waals surface area contributed by atoms with Crippen molar-refractivity contribution in [2.75, 3.05) is 27.3 Å². The molecule has 9 heteroatoms. The van der Waals surface area contributed by atoms with Crippen LogP contribution in [0.3, 0.4) is 0 Å². The highest BCUT2D eigenvalue weighted by Gasteiger charge is 2.49. The van der Waals surface area contributed by atoms with E-state index in [0.29, 0.717) is 42.3 Å². The van der Waals surface area contributed by atoms with Gasteiger partial charge < -0.3 is 18.7 Å². The normalized spacial score (nSPS) is 23.0. The van der Waals surface area contributed by atoms with E-state index in [4.69, 9.17) is 18.7 Å². The van der Waals surface area contributed by atoms with Crippen molar-refractivity contribution in [2.24, 2.45) is 11.3 Å². The summed E-state index contributed by atoms with van der Waals surface area (Å²) in [5.41, 5.74) is 0.142. The molecule has 2 aromatic rings. The van der Waals surface area contributed by atoms with Crippen LogP contribution in [-0.4, -0.2) is 53.3 Å². The lowest BCUT2D eigenvalue weighted by Crippen LogP contribution is -2.59. The Labute approximate surface area is 201 Å². The van der Waals surface area contributed by atoms with E-state index in [1.165, 1.54) is 7.11 Å². The summed E-state index contributed by atoms with van der Waals surface area (Å²) in [5.74, 6) is 0.856. The summed E-state index contributed by atoms with van der Waals surface area (Å²) in [6, 6.07) is 8.92. The van der Waals surface area contributed by atoms with Gasteiger partial charge in [-0.15, -0.1) is 0 Å². The molecular weight excluding hydrogens is 530 g/mol. The van der Waals surface area contributed by atoms with Gasteiger partial charge in [-0.2, -0.15) is 4.39 Å². The fourth-order valence-corrected chi connectivity index (χ4v) is 4.42. The van der Waals surface area contributed by atoms with Crippen molar-refractivity contribution in [1.29, 1.82) is 0 Å². The number of methoxy groups -OCH3 is 2. The second-order valence-electron chi connectivity index (χ2n) is 9.18. The monoisotopic (exact) mass is 560 g/mol. The number of alkyl halides is 2. The average Bonchev–Trinajstić information content (AvgIpc) is 3.20. The molecule has 0 radical (unpaired) electrons. The van der Waals surface area contributed by atoms with Crippen LogP contribution in [0.25, 0.3) is 11.3 Å². The van der Waals surface area contributed by atoms with Crippen LogP contribution in [0.2, 0.25) is 0 Å². The van der Waals surface area contributed by atoms with Crippen molar-refractivity contribution in [3.8, 4) is 17.0 Å². The minimum absolute atomic E-state index is 0.0261. The number of piperidine rings is 1. The van der Waals surface area contributed by atoms with Crippen molar-refractivity contribution < 1.29 is 27.9 Å². The molecule has 0 amide bonds. The second kappa shape index (κ2) is 10.0. The van der Waals surface area contributed by atoms with Gasteiger partial charge in [0.15, 0.2) is 11.4 Å². The van der Waals surface area contributed by atoms with Gasteiger partial charge in [0.2, 0.25) is 0 Å². The molecule has 0 spiro atoms. The highest BCUT2D eigenvalue weighted by molar-refractivity contribution is 14.1. The lowest BCUT2D eigenvalue weighted by atomic mass is 9.71. The molecule has 1 unspecified atom stereocenters. The van der Waals surface area contributed by atoms with E-state index >= 15 is 0 Å². The lowest BCUT2D eigenvalue weighted by molar-refractivity contribution is -0.179. The third-order valence-electron chi connectivity index (χ3n) is 6.02. The van der Waals surface area contributed by atoms with Crippen LogP contribution >= 0.6 is 22.6 Å². The largest absolute Gasteiger partial charge is 0.467 e. The first-order valence-electron chi connectivity index (χ1n) is 10.4. The van der Waals surface area contributed by atoms with Crippen molar-refractivity contribution >= 4 is 28.6 Å². The number of likely N-dealkylation sites (tertiary alicyclic amines) is 1. The van der Waals surface area contributed by atoms with Gasteiger partial charge in [-0.3, -0.25) is 4.90 Å². The number of hydrogen-bond acceptors (Lipinski definition) is 7. The Hall–Kier alpha value is -1.72. The zero-order valence-corrected chi connectivity index (χ0v) is 21.2.